The third kappa shape index (κ3) is 3.23. The molecule has 0 aliphatic carbocycles. The Morgan fingerprint density at radius 3 is 2.50 bits per heavy atom. The molecule has 0 fully saturated rings. The van der Waals surface area contributed by atoms with Crippen molar-refractivity contribution in [2.75, 3.05) is 12.3 Å². The van der Waals surface area contributed by atoms with E-state index >= 15 is 0 Å². The Morgan fingerprint density at radius 2 is 1.94 bits per heavy atom. The van der Waals surface area contributed by atoms with Gasteiger partial charge in [-0.1, -0.05) is 0 Å². The maximum absolute atomic E-state index is 13.5. The highest BCUT2D eigenvalue weighted by Gasteiger charge is 2.19. The van der Waals surface area contributed by atoms with Crippen molar-refractivity contribution in [1.29, 1.82) is 0 Å². The van der Waals surface area contributed by atoms with E-state index in [0.29, 0.717) is 0 Å². The fraction of sp³-hybridized carbons (Fsp3) is 0.333. The number of rotatable bonds is 4. The quantitative estimate of drug-likeness (QED) is 0.859. The van der Waals surface area contributed by atoms with E-state index in [2.05, 4.69) is 15.9 Å². The minimum Gasteiger partial charge on any atom is -0.329 e. The zero-order valence-electron chi connectivity index (χ0n) is 8.21. The number of hydrogen-bond donors (Lipinski definition) is 1. The fourth-order valence-corrected chi connectivity index (χ4v) is 2.75. The van der Waals surface area contributed by atoms with Crippen LogP contribution in [0.15, 0.2) is 16.6 Å². The van der Waals surface area contributed by atoms with Crippen molar-refractivity contribution in [1.82, 2.24) is 0 Å². The summed E-state index contributed by atoms with van der Waals surface area (Å²) in [5, 5.41) is 0. The van der Waals surface area contributed by atoms with Crippen LogP contribution in [0.5, 0.6) is 0 Å². The first kappa shape index (κ1) is 13.5. The largest absolute Gasteiger partial charge is 0.329 e. The highest BCUT2D eigenvalue weighted by atomic mass is 79.9. The Hall–Kier alpha value is -0.530. The third-order valence-corrected chi connectivity index (χ3v) is 4.13. The van der Waals surface area contributed by atoms with Crippen molar-refractivity contribution < 1.29 is 17.2 Å². The number of halogens is 3. The van der Waals surface area contributed by atoms with Gasteiger partial charge >= 0.3 is 0 Å². The van der Waals surface area contributed by atoms with Crippen LogP contribution in [0.3, 0.4) is 0 Å². The predicted molar refractivity (Wildman–Crippen MR) is 60.6 cm³/mol. The third-order valence-electron chi connectivity index (χ3n) is 1.93. The van der Waals surface area contributed by atoms with E-state index in [1.54, 1.807) is 0 Å². The van der Waals surface area contributed by atoms with Crippen LogP contribution in [-0.4, -0.2) is 20.7 Å². The summed E-state index contributed by atoms with van der Waals surface area (Å²) in [6.45, 7) is -0.0699. The van der Waals surface area contributed by atoms with Gasteiger partial charge in [-0.25, -0.2) is 17.2 Å². The van der Waals surface area contributed by atoms with Crippen LogP contribution in [0.25, 0.3) is 0 Å². The number of hydrogen-bond acceptors (Lipinski definition) is 3. The molecule has 0 aliphatic heterocycles. The first-order valence-corrected chi connectivity index (χ1v) is 7.01. The van der Waals surface area contributed by atoms with E-state index in [1.807, 2.05) is 0 Å². The zero-order chi connectivity index (χ0) is 12.3. The molecule has 0 aromatic heterocycles. The Kier molecular flexibility index (Phi) is 4.40. The molecule has 0 amide bonds. The van der Waals surface area contributed by atoms with E-state index in [9.17, 15) is 17.2 Å². The average Bonchev–Trinajstić information content (AvgIpc) is 2.19. The summed E-state index contributed by atoms with van der Waals surface area (Å²) in [5.41, 5.74) is 4.64. The number of sulfone groups is 1. The lowest BCUT2D eigenvalue weighted by Crippen LogP contribution is -2.18. The number of nitrogens with two attached hydrogens (primary N) is 1. The smallest absolute Gasteiger partial charge is 0.155 e. The summed E-state index contributed by atoms with van der Waals surface area (Å²) in [5.74, 6) is -2.73. The molecule has 3 nitrogen and oxygen atoms in total. The van der Waals surface area contributed by atoms with Gasteiger partial charge in [0.1, 0.15) is 11.6 Å². The molecule has 0 bridgehead atoms. The van der Waals surface area contributed by atoms with E-state index in [4.69, 9.17) is 5.73 Å². The van der Waals surface area contributed by atoms with Gasteiger partial charge in [-0.15, -0.1) is 0 Å². The summed E-state index contributed by atoms with van der Waals surface area (Å²) in [7, 11) is -3.57. The fourth-order valence-electron chi connectivity index (χ4n) is 1.17. The maximum Gasteiger partial charge on any atom is 0.155 e. The molecule has 1 aromatic carbocycles. The molecule has 0 heterocycles. The molecule has 7 heteroatoms. The van der Waals surface area contributed by atoms with Crippen LogP contribution in [0.4, 0.5) is 8.78 Å². The van der Waals surface area contributed by atoms with Gasteiger partial charge in [0.15, 0.2) is 9.84 Å². The molecule has 0 aliphatic rings. The van der Waals surface area contributed by atoms with Gasteiger partial charge in [-0.2, -0.15) is 0 Å². The van der Waals surface area contributed by atoms with Crippen LogP contribution < -0.4 is 5.73 Å². The molecule has 90 valence electrons. The molecule has 0 saturated heterocycles. The standard InChI is InChI=1S/C9H10BrF2NO2S/c10-7-1-2-8(11)6(9(7)12)5-16(14,15)4-3-13/h1-2H,3-5,13H2. The summed E-state index contributed by atoms with van der Waals surface area (Å²) in [6, 6.07) is 2.20. The van der Waals surface area contributed by atoms with Gasteiger partial charge in [0.2, 0.25) is 0 Å². The monoisotopic (exact) mass is 313 g/mol. The van der Waals surface area contributed by atoms with Crippen molar-refractivity contribution in [3.8, 4) is 0 Å². The summed E-state index contributed by atoms with van der Waals surface area (Å²) >= 11 is 2.87. The van der Waals surface area contributed by atoms with Crippen molar-refractivity contribution in [2.45, 2.75) is 5.75 Å². The number of benzene rings is 1. The van der Waals surface area contributed by atoms with Crippen molar-refractivity contribution in [3.63, 3.8) is 0 Å². The molecular weight excluding hydrogens is 304 g/mol. The Morgan fingerprint density at radius 1 is 1.31 bits per heavy atom. The second-order valence-electron chi connectivity index (χ2n) is 3.20. The van der Waals surface area contributed by atoms with Crippen LogP contribution in [0.2, 0.25) is 0 Å². The zero-order valence-corrected chi connectivity index (χ0v) is 10.6. The first-order chi connectivity index (χ1) is 7.37. The molecule has 0 atom stereocenters. The Bertz CT molecular complexity index is 491. The lowest BCUT2D eigenvalue weighted by Gasteiger charge is -2.07. The van der Waals surface area contributed by atoms with Crippen LogP contribution in [0.1, 0.15) is 5.56 Å². The first-order valence-electron chi connectivity index (χ1n) is 4.40. The van der Waals surface area contributed by atoms with E-state index in [1.165, 1.54) is 6.07 Å². The van der Waals surface area contributed by atoms with E-state index in [-0.39, 0.29) is 16.8 Å². The Labute approximate surface area is 101 Å². The molecule has 0 saturated carbocycles. The van der Waals surface area contributed by atoms with Gasteiger partial charge in [-0.05, 0) is 28.1 Å². The molecule has 1 rings (SSSR count). The minimum atomic E-state index is -3.57. The SMILES string of the molecule is NCCS(=O)(=O)Cc1c(F)ccc(Br)c1F. The van der Waals surface area contributed by atoms with Gasteiger partial charge in [0, 0.05) is 12.1 Å². The molecule has 16 heavy (non-hydrogen) atoms. The lowest BCUT2D eigenvalue weighted by molar-refractivity contribution is 0.552. The van der Waals surface area contributed by atoms with Gasteiger partial charge < -0.3 is 5.73 Å². The van der Waals surface area contributed by atoms with Gasteiger partial charge in [-0.3, -0.25) is 0 Å². The Balaban J connectivity index is 3.11. The van der Waals surface area contributed by atoms with Crippen LogP contribution >= 0.6 is 15.9 Å². The molecule has 2 N–H and O–H groups in total. The second-order valence-corrected chi connectivity index (χ2v) is 6.24. The topological polar surface area (TPSA) is 60.2 Å². The highest BCUT2D eigenvalue weighted by Crippen LogP contribution is 2.23. The van der Waals surface area contributed by atoms with Crippen molar-refractivity contribution >= 4 is 25.8 Å². The van der Waals surface area contributed by atoms with E-state index in [0.717, 1.165) is 6.07 Å². The summed E-state index contributed by atoms with van der Waals surface area (Å²) in [6.07, 6.45) is 0. The second kappa shape index (κ2) is 5.20. The molecule has 0 unspecified atom stereocenters. The maximum atomic E-state index is 13.5. The molecule has 1 aromatic rings. The normalized spacial score (nSPS) is 11.8. The molecule has 0 spiro atoms. The van der Waals surface area contributed by atoms with Gasteiger partial charge in [0.05, 0.1) is 16.0 Å². The van der Waals surface area contributed by atoms with Crippen molar-refractivity contribution in [2.24, 2.45) is 5.73 Å². The minimum absolute atomic E-state index is 0.0341. The van der Waals surface area contributed by atoms with Crippen molar-refractivity contribution in [3.05, 3.63) is 33.8 Å². The van der Waals surface area contributed by atoms with Crippen LogP contribution in [-0.2, 0) is 15.6 Å². The lowest BCUT2D eigenvalue weighted by atomic mass is 10.2. The van der Waals surface area contributed by atoms with E-state index < -0.39 is 32.8 Å². The molecule has 0 radical (unpaired) electrons. The van der Waals surface area contributed by atoms with Crippen LogP contribution in [0, 0.1) is 11.6 Å². The summed E-state index contributed by atoms with van der Waals surface area (Å²) < 4.78 is 49.5. The summed E-state index contributed by atoms with van der Waals surface area (Å²) in [4.78, 5) is 0. The van der Waals surface area contributed by atoms with Gasteiger partial charge in [0.25, 0.3) is 0 Å². The predicted octanol–water partition coefficient (Wildman–Crippen LogP) is 1.60. The molecular formula is C9H10BrF2NO2S. The highest BCUT2D eigenvalue weighted by molar-refractivity contribution is 9.10. The average molecular weight is 314 g/mol.